The Kier molecular flexibility index (Phi) is 5.84. The van der Waals surface area contributed by atoms with Gasteiger partial charge in [0.05, 0.1) is 12.5 Å². The van der Waals surface area contributed by atoms with Gasteiger partial charge in [0.25, 0.3) is 0 Å². The smallest absolute Gasteiger partial charge is 0.229 e. The Labute approximate surface area is 181 Å². The number of carbonyl (C=O) groups is 1. The molecule has 0 aliphatic carbocycles. The van der Waals surface area contributed by atoms with Crippen LogP contribution in [0.25, 0.3) is 0 Å². The molecule has 11 nitrogen and oxygen atoms in total. The second kappa shape index (κ2) is 8.45. The molecule has 1 saturated heterocycles. The second-order valence-electron chi connectivity index (χ2n) is 7.60. The van der Waals surface area contributed by atoms with Crippen LogP contribution in [0.1, 0.15) is 21.8 Å². The maximum absolute atomic E-state index is 12.9. The van der Waals surface area contributed by atoms with Crippen molar-refractivity contribution < 1.29 is 54.8 Å². The average Bonchev–Trinajstić information content (AvgIpc) is 2.74. The van der Waals surface area contributed by atoms with Crippen LogP contribution in [0.5, 0.6) is 28.7 Å². The van der Waals surface area contributed by atoms with Crippen LogP contribution in [0.2, 0.25) is 0 Å². The molecule has 2 aromatic rings. The molecule has 1 fully saturated rings. The Hall–Kier alpha value is -3.09. The van der Waals surface area contributed by atoms with Crippen molar-refractivity contribution in [3.8, 4) is 28.7 Å². The van der Waals surface area contributed by atoms with Gasteiger partial charge in [-0.3, -0.25) is 4.79 Å². The van der Waals surface area contributed by atoms with E-state index in [9.17, 15) is 40.5 Å². The highest BCUT2D eigenvalue weighted by Gasteiger charge is 2.45. The van der Waals surface area contributed by atoms with Crippen molar-refractivity contribution in [2.45, 2.75) is 36.6 Å². The lowest BCUT2D eigenvalue weighted by atomic mass is 9.88. The molecule has 172 valence electrons. The highest BCUT2D eigenvalue weighted by atomic mass is 16.7. The minimum absolute atomic E-state index is 0.0212. The summed E-state index contributed by atoms with van der Waals surface area (Å²) in [4.78, 5) is 12.9. The summed E-state index contributed by atoms with van der Waals surface area (Å²) in [6, 6.07) is 6.16. The van der Waals surface area contributed by atoms with Gasteiger partial charge in [-0.25, -0.2) is 0 Å². The van der Waals surface area contributed by atoms with Gasteiger partial charge in [-0.05, 0) is 6.07 Å². The third-order valence-electron chi connectivity index (χ3n) is 5.51. The fourth-order valence-corrected chi connectivity index (χ4v) is 3.79. The molecule has 2 aliphatic rings. The standard InChI is InChI=1S/C21H22O11/c22-6-15-18(27)19(28)20(29)21(32-15)31-9-1-2-10(12(24)5-9)11-7-30-14-4-8(23)3-13(25)16(14)17(11)26/h1-5,11,15,18-25,27-29H,6-7H2/t11-,15-,18-,19+,20-,21-/m1/s1. The number of ether oxygens (including phenoxy) is 3. The molecule has 0 bridgehead atoms. The molecule has 2 heterocycles. The zero-order valence-corrected chi connectivity index (χ0v) is 16.5. The van der Waals surface area contributed by atoms with Crippen LogP contribution in [0.4, 0.5) is 0 Å². The van der Waals surface area contributed by atoms with Crippen molar-refractivity contribution in [2.24, 2.45) is 0 Å². The Morgan fingerprint density at radius 3 is 2.41 bits per heavy atom. The first-order valence-corrected chi connectivity index (χ1v) is 9.74. The SMILES string of the molecule is O=C1c2c(O)cc(O)cc2OC[C@@H]1c1ccc(O[C@@H]2O[C@H](CO)[C@@H](O)[C@H](O)[C@H]2O)cc1O. The van der Waals surface area contributed by atoms with Gasteiger partial charge in [-0.1, -0.05) is 6.07 Å². The fourth-order valence-electron chi connectivity index (χ4n) is 3.79. The van der Waals surface area contributed by atoms with E-state index in [0.717, 1.165) is 12.1 Å². The Balaban J connectivity index is 1.55. The minimum atomic E-state index is -1.63. The number of phenols is 3. The van der Waals surface area contributed by atoms with Crippen LogP contribution < -0.4 is 9.47 Å². The van der Waals surface area contributed by atoms with Gasteiger partial charge < -0.3 is 50.0 Å². The van der Waals surface area contributed by atoms with Crippen LogP contribution in [0, 0.1) is 0 Å². The summed E-state index contributed by atoms with van der Waals surface area (Å²) in [5.74, 6) is -2.45. The molecule has 32 heavy (non-hydrogen) atoms. The van der Waals surface area contributed by atoms with Crippen LogP contribution >= 0.6 is 0 Å². The van der Waals surface area contributed by atoms with Gasteiger partial charge in [0.1, 0.15) is 65.3 Å². The molecule has 2 aliphatic heterocycles. The molecule has 0 saturated carbocycles. The van der Waals surface area contributed by atoms with Gasteiger partial charge in [0, 0.05) is 23.8 Å². The van der Waals surface area contributed by atoms with Gasteiger partial charge in [0.2, 0.25) is 6.29 Å². The predicted molar refractivity (Wildman–Crippen MR) is 105 cm³/mol. The first kappa shape index (κ1) is 22.1. The molecule has 11 heteroatoms. The van der Waals surface area contributed by atoms with Crippen LogP contribution in [0.3, 0.4) is 0 Å². The second-order valence-corrected chi connectivity index (χ2v) is 7.60. The quantitative estimate of drug-likeness (QED) is 0.313. The van der Waals surface area contributed by atoms with Crippen molar-refractivity contribution in [1.29, 1.82) is 0 Å². The zero-order chi connectivity index (χ0) is 23.2. The lowest BCUT2D eigenvalue weighted by Gasteiger charge is -2.39. The lowest BCUT2D eigenvalue weighted by molar-refractivity contribution is -0.277. The molecular weight excluding hydrogens is 428 g/mol. The molecule has 4 rings (SSSR count). The van der Waals surface area contributed by atoms with E-state index in [4.69, 9.17) is 14.2 Å². The summed E-state index contributed by atoms with van der Waals surface area (Å²) in [7, 11) is 0. The van der Waals surface area contributed by atoms with Crippen LogP contribution in [-0.4, -0.2) is 85.4 Å². The maximum Gasteiger partial charge on any atom is 0.229 e. The van der Waals surface area contributed by atoms with E-state index in [-0.39, 0.29) is 40.7 Å². The summed E-state index contributed by atoms with van der Waals surface area (Å²) in [6.07, 6.45) is -7.38. The zero-order valence-electron chi connectivity index (χ0n) is 16.5. The van der Waals surface area contributed by atoms with Crippen molar-refractivity contribution in [2.75, 3.05) is 13.2 Å². The van der Waals surface area contributed by atoms with Gasteiger partial charge >= 0.3 is 0 Å². The van der Waals surface area contributed by atoms with Crippen LogP contribution in [-0.2, 0) is 4.74 Å². The summed E-state index contributed by atoms with van der Waals surface area (Å²) in [5.41, 5.74) is 0.0781. The first-order valence-electron chi connectivity index (χ1n) is 9.74. The van der Waals surface area contributed by atoms with Gasteiger partial charge in [-0.15, -0.1) is 0 Å². The molecule has 0 aromatic heterocycles. The number of hydrogen-bond donors (Lipinski definition) is 7. The number of benzene rings is 2. The molecular formula is C21H22O11. The van der Waals surface area contributed by atoms with Crippen molar-refractivity contribution in [3.63, 3.8) is 0 Å². The van der Waals surface area contributed by atoms with E-state index >= 15 is 0 Å². The molecule has 0 amide bonds. The van der Waals surface area contributed by atoms with Crippen molar-refractivity contribution >= 4 is 5.78 Å². The number of carbonyl (C=O) groups excluding carboxylic acids is 1. The number of aliphatic hydroxyl groups is 4. The number of aliphatic hydroxyl groups excluding tert-OH is 4. The number of Topliss-reactive ketones (excluding diaryl/α,β-unsaturated/α-hetero) is 1. The van der Waals surface area contributed by atoms with Crippen LogP contribution in [0.15, 0.2) is 30.3 Å². The van der Waals surface area contributed by atoms with E-state index in [2.05, 4.69) is 0 Å². The van der Waals surface area contributed by atoms with E-state index < -0.39 is 54.8 Å². The number of phenolic OH excluding ortho intramolecular Hbond substituents is 3. The highest BCUT2D eigenvalue weighted by molar-refractivity contribution is 6.06. The molecule has 2 aromatic carbocycles. The maximum atomic E-state index is 12.9. The molecule has 0 unspecified atom stereocenters. The third-order valence-corrected chi connectivity index (χ3v) is 5.51. The van der Waals surface area contributed by atoms with Crippen molar-refractivity contribution in [3.05, 3.63) is 41.5 Å². The first-order chi connectivity index (χ1) is 15.2. The number of hydrogen-bond acceptors (Lipinski definition) is 11. The summed E-state index contributed by atoms with van der Waals surface area (Å²) < 4.78 is 16.2. The molecule has 7 N–H and O–H groups in total. The molecule has 6 atom stereocenters. The number of aromatic hydroxyl groups is 3. The monoisotopic (exact) mass is 450 g/mol. The van der Waals surface area contributed by atoms with Gasteiger partial charge in [-0.2, -0.15) is 0 Å². The molecule has 0 radical (unpaired) electrons. The van der Waals surface area contributed by atoms with Gasteiger partial charge in [0.15, 0.2) is 5.78 Å². The summed E-state index contributed by atoms with van der Waals surface area (Å²) in [6.45, 7) is -0.764. The molecule has 0 spiro atoms. The number of rotatable bonds is 4. The fraction of sp³-hybridized carbons (Fsp3) is 0.381. The topological polar surface area (TPSA) is 186 Å². The highest BCUT2D eigenvalue weighted by Crippen LogP contribution is 2.42. The lowest BCUT2D eigenvalue weighted by Crippen LogP contribution is -2.60. The largest absolute Gasteiger partial charge is 0.508 e. The number of fused-ring (bicyclic) bond motifs is 1. The predicted octanol–water partition coefficient (Wildman–Crippen LogP) is -0.659. The average molecular weight is 450 g/mol. The summed E-state index contributed by atoms with van der Waals surface area (Å²) >= 11 is 0. The number of ketones is 1. The Bertz CT molecular complexity index is 1020. The summed E-state index contributed by atoms with van der Waals surface area (Å²) in [5, 5.41) is 69.1. The van der Waals surface area contributed by atoms with E-state index in [1.54, 1.807) is 0 Å². The Morgan fingerprint density at radius 1 is 0.969 bits per heavy atom. The normalized spacial score (nSPS) is 29.8. The third kappa shape index (κ3) is 3.80. The minimum Gasteiger partial charge on any atom is -0.508 e. The van der Waals surface area contributed by atoms with E-state index in [1.807, 2.05) is 0 Å². The Morgan fingerprint density at radius 2 is 1.72 bits per heavy atom. The van der Waals surface area contributed by atoms with E-state index in [1.165, 1.54) is 18.2 Å². The van der Waals surface area contributed by atoms with E-state index in [0.29, 0.717) is 0 Å². The van der Waals surface area contributed by atoms with Crippen molar-refractivity contribution in [1.82, 2.24) is 0 Å².